The van der Waals surface area contributed by atoms with Crippen LogP contribution in [-0.2, 0) is 20.1 Å². The number of rotatable bonds is 3. The minimum absolute atomic E-state index is 0.162. The zero-order valence-corrected chi connectivity index (χ0v) is 9.95. The van der Waals surface area contributed by atoms with Gasteiger partial charge in [-0.25, -0.2) is 0 Å². The third-order valence-electron chi connectivity index (χ3n) is 2.34. The fourth-order valence-electron chi connectivity index (χ4n) is 1.64. The zero-order chi connectivity index (χ0) is 11.7. The van der Waals surface area contributed by atoms with Crippen LogP contribution in [0.1, 0.15) is 18.4 Å². The third-order valence-corrected chi connectivity index (χ3v) is 2.62. The molecule has 2 aromatic rings. The lowest BCUT2D eigenvalue weighted by atomic mass is 10.3. The van der Waals surface area contributed by atoms with Crippen molar-refractivity contribution in [2.45, 2.75) is 20.0 Å². The molecule has 2 aromatic heterocycles. The first-order valence-corrected chi connectivity index (χ1v) is 5.38. The number of hydrogen-bond donors (Lipinski definition) is 2. The maximum absolute atomic E-state index is 9.19. The summed E-state index contributed by atoms with van der Waals surface area (Å²) in [7, 11) is 1.85. The number of nitrogens with zero attached hydrogens (tertiary/aromatic N) is 4. The Morgan fingerprint density at radius 1 is 1.56 bits per heavy atom. The predicted octanol–water partition coefficient (Wildman–Crippen LogP) is 0.718. The highest BCUT2D eigenvalue weighted by atomic mass is 32.1. The molecule has 0 bridgehead atoms. The molecule has 0 saturated heterocycles. The maximum atomic E-state index is 9.19. The van der Waals surface area contributed by atoms with Crippen LogP contribution in [0.5, 0.6) is 0 Å². The number of aromatic amines is 1. The molecule has 2 rings (SSSR count). The molecule has 0 aliphatic heterocycles. The molecule has 6 nitrogen and oxygen atoms in total. The molecule has 86 valence electrons. The van der Waals surface area contributed by atoms with Gasteiger partial charge in [0.05, 0.1) is 11.4 Å². The summed E-state index contributed by atoms with van der Waals surface area (Å²) in [5, 5.41) is 20.1. The van der Waals surface area contributed by atoms with E-state index in [4.69, 9.17) is 12.2 Å². The van der Waals surface area contributed by atoms with E-state index in [0.717, 1.165) is 17.8 Å². The minimum atomic E-state index is -0.162. The molecule has 0 aromatic carbocycles. The Hall–Kier alpha value is -1.47. The van der Waals surface area contributed by atoms with Gasteiger partial charge in [0, 0.05) is 13.2 Å². The number of aryl methyl sites for hydroxylation is 2. The van der Waals surface area contributed by atoms with Gasteiger partial charge in [0.1, 0.15) is 6.61 Å². The summed E-state index contributed by atoms with van der Waals surface area (Å²) < 4.78 is 3.90. The average molecular weight is 239 g/mol. The van der Waals surface area contributed by atoms with Crippen LogP contribution in [0.4, 0.5) is 0 Å². The van der Waals surface area contributed by atoms with Gasteiger partial charge >= 0.3 is 0 Å². The first kappa shape index (κ1) is 11.0. The molecule has 0 aliphatic rings. The summed E-state index contributed by atoms with van der Waals surface area (Å²) in [6.45, 7) is 1.86. The Balaban J connectivity index is 2.65. The van der Waals surface area contributed by atoms with E-state index in [0.29, 0.717) is 10.6 Å². The van der Waals surface area contributed by atoms with Crippen molar-refractivity contribution in [1.82, 2.24) is 24.5 Å². The van der Waals surface area contributed by atoms with Crippen molar-refractivity contribution >= 4 is 12.2 Å². The monoisotopic (exact) mass is 239 g/mol. The second kappa shape index (κ2) is 4.18. The van der Waals surface area contributed by atoms with E-state index in [-0.39, 0.29) is 6.61 Å². The van der Waals surface area contributed by atoms with Crippen molar-refractivity contribution in [3.05, 3.63) is 22.5 Å². The topological polar surface area (TPSA) is 71.7 Å². The minimum Gasteiger partial charge on any atom is -0.388 e. The second-order valence-corrected chi connectivity index (χ2v) is 3.81. The van der Waals surface area contributed by atoms with E-state index < -0.39 is 0 Å². The van der Waals surface area contributed by atoms with Gasteiger partial charge in [0.15, 0.2) is 10.6 Å². The first-order valence-electron chi connectivity index (χ1n) is 4.97. The Labute approximate surface area is 97.5 Å². The van der Waals surface area contributed by atoms with E-state index in [1.165, 1.54) is 0 Å². The van der Waals surface area contributed by atoms with Crippen molar-refractivity contribution in [3.8, 4) is 5.69 Å². The normalized spacial score (nSPS) is 10.9. The Kier molecular flexibility index (Phi) is 2.88. The van der Waals surface area contributed by atoms with Crippen LogP contribution in [0.25, 0.3) is 5.69 Å². The van der Waals surface area contributed by atoms with Gasteiger partial charge in [-0.15, -0.1) is 0 Å². The lowest BCUT2D eigenvalue weighted by Crippen LogP contribution is -2.02. The van der Waals surface area contributed by atoms with Crippen LogP contribution < -0.4 is 0 Å². The van der Waals surface area contributed by atoms with E-state index >= 15 is 0 Å². The maximum Gasteiger partial charge on any atom is 0.200 e. The molecule has 7 heteroatoms. The quantitative estimate of drug-likeness (QED) is 0.774. The molecule has 2 heterocycles. The van der Waals surface area contributed by atoms with Gasteiger partial charge in [-0.1, -0.05) is 6.92 Å². The molecule has 0 unspecified atom stereocenters. The average Bonchev–Trinajstić information content (AvgIpc) is 2.80. The fraction of sp³-hybridized carbons (Fsp3) is 0.444. The van der Waals surface area contributed by atoms with Gasteiger partial charge in [-0.3, -0.25) is 14.3 Å². The Morgan fingerprint density at radius 2 is 2.31 bits per heavy atom. The highest BCUT2D eigenvalue weighted by Gasteiger charge is 2.13. The molecule has 0 aliphatic carbocycles. The standard InChI is InChI=1S/C9H13N5OS/c1-3-6-7(4-13(2)12-6)14-8(5-15)10-11-9(14)16/h4,15H,3,5H2,1-2H3,(H,11,16). The van der Waals surface area contributed by atoms with E-state index in [9.17, 15) is 5.11 Å². The van der Waals surface area contributed by atoms with Crippen molar-refractivity contribution in [3.63, 3.8) is 0 Å². The zero-order valence-electron chi connectivity index (χ0n) is 9.14. The third kappa shape index (κ3) is 1.68. The number of aromatic nitrogens is 5. The number of H-pyrrole nitrogens is 1. The summed E-state index contributed by atoms with van der Waals surface area (Å²) in [4.78, 5) is 0. The van der Waals surface area contributed by atoms with Crippen LogP contribution in [0.15, 0.2) is 6.20 Å². The largest absolute Gasteiger partial charge is 0.388 e. The first-order chi connectivity index (χ1) is 7.67. The SMILES string of the molecule is CCc1nn(C)cc1-n1c(CO)n[nH]c1=S. The van der Waals surface area contributed by atoms with Crippen molar-refractivity contribution in [2.24, 2.45) is 7.05 Å². The smallest absolute Gasteiger partial charge is 0.200 e. The van der Waals surface area contributed by atoms with Crippen molar-refractivity contribution < 1.29 is 5.11 Å². The van der Waals surface area contributed by atoms with Crippen LogP contribution in [0, 0.1) is 4.77 Å². The molecule has 0 saturated carbocycles. The van der Waals surface area contributed by atoms with Crippen LogP contribution in [0.2, 0.25) is 0 Å². The highest BCUT2D eigenvalue weighted by Crippen LogP contribution is 2.15. The lowest BCUT2D eigenvalue weighted by molar-refractivity contribution is 0.268. The molecule has 0 radical (unpaired) electrons. The number of nitrogens with one attached hydrogen (secondary N) is 1. The Bertz CT molecular complexity index is 552. The second-order valence-electron chi connectivity index (χ2n) is 3.43. The summed E-state index contributed by atoms with van der Waals surface area (Å²) in [5.74, 6) is 0.493. The highest BCUT2D eigenvalue weighted by molar-refractivity contribution is 7.71. The van der Waals surface area contributed by atoms with Gasteiger partial charge in [-0.2, -0.15) is 10.2 Å². The van der Waals surface area contributed by atoms with Crippen molar-refractivity contribution in [2.75, 3.05) is 0 Å². The van der Waals surface area contributed by atoms with Gasteiger partial charge in [0.2, 0.25) is 0 Å². The molecule has 0 amide bonds. The van der Waals surface area contributed by atoms with E-state index in [1.807, 2.05) is 20.2 Å². The number of aliphatic hydroxyl groups is 1. The lowest BCUT2D eigenvalue weighted by Gasteiger charge is -2.03. The summed E-state index contributed by atoms with van der Waals surface area (Å²) in [5.41, 5.74) is 1.79. The van der Waals surface area contributed by atoms with Crippen LogP contribution in [-0.4, -0.2) is 29.7 Å². The molecular formula is C9H13N5OS. The number of aliphatic hydroxyl groups excluding tert-OH is 1. The van der Waals surface area contributed by atoms with E-state index in [2.05, 4.69) is 15.3 Å². The molecular weight excluding hydrogens is 226 g/mol. The number of hydrogen-bond acceptors (Lipinski definition) is 4. The van der Waals surface area contributed by atoms with Crippen molar-refractivity contribution in [1.29, 1.82) is 0 Å². The fourth-order valence-corrected chi connectivity index (χ4v) is 1.89. The van der Waals surface area contributed by atoms with Crippen LogP contribution >= 0.6 is 12.2 Å². The summed E-state index contributed by atoms with van der Waals surface area (Å²) >= 11 is 5.13. The van der Waals surface area contributed by atoms with E-state index in [1.54, 1.807) is 9.25 Å². The molecule has 2 N–H and O–H groups in total. The molecule has 0 spiro atoms. The molecule has 0 fully saturated rings. The molecule has 0 atom stereocenters. The van der Waals surface area contributed by atoms with Gasteiger partial charge in [-0.05, 0) is 18.6 Å². The van der Waals surface area contributed by atoms with Gasteiger partial charge < -0.3 is 5.11 Å². The summed E-state index contributed by atoms with van der Waals surface area (Å²) in [6, 6.07) is 0. The van der Waals surface area contributed by atoms with Gasteiger partial charge in [0.25, 0.3) is 0 Å². The summed E-state index contributed by atoms with van der Waals surface area (Å²) in [6.07, 6.45) is 2.66. The predicted molar refractivity (Wildman–Crippen MR) is 60.8 cm³/mol. The molecule has 16 heavy (non-hydrogen) atoms. The Morgan fingerprint density at radius 3 is 2.94 bits per heavy atom. The van der Waals surface area contributed by atoms with Crippen LogP contribution in [0.3, 0.4) is 0 Å².